The summed E-state index contributed by atoms with van der Waals surface area (Å²) >= 11 is 12.3. The van der Waals surface area contributed by atoms with E-state index in [2.05, 4.69) is 4.98 Å². The molecule has 1 aromatic heterocycles. The summed E-state index contributed by atoms with van der Waals surface area (Å²) in [5.74, 6) is -1.61. The average molecular weight is 403 g/mol. The minimum atomic E-state index is -2.14. The van der Waals surface area contributed by atoms with Crippen LogP contribution in [0.3, 0.4) is 0 Å². The second-order valence-corrected chi connectivity index (χ2v) is 6.42. The number of esters is 2. The quantitative estimate of drug-likeness (QED) is 0.597. The Morgan fingerprint density at radius 2 is 1.88 bits per heavy atom. The van der Waals surface area contributed by atoms with Crippen LogP contribution in [0.2, 0.25) is 10.3 Å². The lowest BCUT2D eigenvalue weighted by Crippen LogP contribution is -2.43. The summed E-state index contributed by atoms with van der Waals surface area (Å²) in [7, 11) is 2.37. The molecule has 0 fully saturated rings. The van der Waals surface area contributed by atoms with Gasteiger partial charge in [-0.25, -0.2) is 14.6 Å². The normalized spacial score (nSPS) is 19.0. The van der Waals surface area contributed by atoms with Crippen molar-refractivity contribution in [2.75, 3.05) is 27.3 Å². The second kappa shape index (κ2) is 7.82. The summed E-state index contributed by atoms with van der Waals surface area (Å²) in [4.78, 5) is 30.7. The van der Waals surface area contributed by atoms with Crippen LogP contribution in [-0.4, -0.2) is 54.2 Å². The molecule has 0 amide bonds. The Morgan fingerprint density at radius 3 is 2.38 bits per heavy atom. The SMILES string of the molecule is CCN(CC)C1=C(C(=O)OC)C[C@@](O)(C(=O)OC)c2cc(Cl)nc(Cl)c21. The molecule has 0 bridgehead atoms. The highest BCUT2D eigenvalue weighted by atomic mass is 35.5. The maximum absolute atomic E-state index is 12.4. The van der Waals surface area contributed by atoms with E-state index < -0.39 is 17.5 Å². The van der Waals surface area contributed by atoms with Gasteiger partial charge in [0.05, 0.1) is 25.5 Å². The van der Waals surface area contributed by atoms with Crippen LogP contribution in [0, 0.1) is 0 Å². The summed E-state index contributed by atoms with van der Waals surface area (Å²) in [5.41, 5.74) is -1.16. The smallest absolute Gasteiger partial charge is 0.342 e. The van der Waals surface area contributed by atoms with Crippen LogP contribution in [0.5, 0.6) is 0 Å². The van der Waals surface area contributed by atoms with Crippen LogP contribution < -0.4 is 0 Å². The minimum Gasteiger partial charge on any atom is -0.467 e. The molecule has 0 radical (unpaired) electrons. The molecule has 1 heterocycles. The Kier molecular flexibility index (Phi) is 6.16. The van der Waals surface area contributed by atoms with Gasteiger partial charge in [0.2, 0.25) is 0 Å². The molecule has 7 nitrogen and oxygen atoms in total. The van der Waals surface area contributed by atoms with E-state index in [1.54, 1.807) is 0 Å². The Bertz CT molecular complexity index is 777. The van der Waals surface area contributed by atoms with Gasteiger partial charge in [0.1, 0.15) is 10.3 Å². The molecule has 1 atom stereocenters. The Balaban J connectivity index is 2.93. The van der Waals surface area contributed by atoms with Gasteiger partial charge in [-0.2, -0.15) is 0 Å². The highest BCUT2D eigenvalue weighted by Crippen LogP contribution is 2.46. The van der Waals surface area contributed by atoms with Crippen molar-refractivity contribution < 1.29 is 24.2 Å². The number of hydrogen-bond acceptors (Lipinski definition) is 7. The van der Waals surface area contributed by atoms with Crippen molar-refractivity contribution in [2.45, 2.75) is 25.9 Å². The van der Waals surface area contributed by atoms with E-state index in [9.17, 15) is 14.7 Å². The predicted octanol–water partition coefficient (Wildman–Crippen LogP) is 2.38. The summed E-state index contributed by atoms with van der Waals surface area (Å²) < 4.78 is 9.62. The van der Waals surface area contributed by atoms with Crippen LogP contribution in [0.4, 0.5) is 0 Å². The van der Waals surface area contributed by atoms with Gasteiger partial charge in [-0.15, -0.1) is 0 Å². The zero-order valence-electron chi connectivity index (χ0n) is 14.9. The van der Waals surface area contributed by atoms with Crippen molar-refractivity contribution >= 4 is 40.8 Å². The number of aromatic nitrogens is 1. The molecule has 26 heavy (non-hydrogen) atoms. The lowest BCUT2D eigenvalue weighted by molar-refractivity contribution is -0.164. The number of aliphatic hydroxyl groups is 1. The first-order valence-electron chi connectivity index (χ1n) is 7.99. The number of nitrogens with zero attached hydrogens (tertiary/aromatic N) is 2. The molecule has 0 aliphatic heterocycles. The lowest BCUT2D eigenvalue weighted by atomic mass is 9.77. The fourth-order valence-electron chi connectivity index (χ4n) is 3.15. The van der Waals surface area contributed by atoms with Crippen LogP contribution in [0.25, 0.3) is 5.70 Å². The Hall–Kier alpha value is -1.83. The molecular formula is C17H20Cl2N2O5. The molecule has 1 N–H and O–H groups in total. The fraction of sp³-hybridized carbons (Fsp3) is 0.471. The monoisotopic (exact) mass is 402 g/mol. The van der Waals surface area contributed by atoms with Gasteiger partial charge in [-0.05, 0) is 19.9 Å². The first-order chi connectivity index (χ1) is 12.2. The summed E-state index contributed by atoms with van der Waals surface area (Å²) in [6.45, 7) is 4.93. The van der Waals surface area contributed by atoms with Crippen molar-refractivity contribution in [3.05, 3.63) is 33.1 Å². The number of methoxy groups -OCH3 is 2. The van der Waals surface area contributed by atoms with Gasteiger partial charge in [0.25, 0.3) is 0 Å². The Morgan fingerprint density at radius 1 is 1.27 bits per heavy atom. The number of fused-ring (bicyclic) bond motifs is 1. The number of hydrogen-bond donors (Lipinski definition) is 1. The standard InChI is InChI=1S/C17H20Cl2N2O5/c1-5-21(6-2)13-9(15(22)25-3)8-17(24,16(23)26-4)10-7-11(18)20-14(19)12(10)13/h7,24H,5-6,8H2,1-4H3/t17-/m0/s1. The van der Waals surface area contributed by atoms with Crippen molar-refractivity contribution in [2.24, 2.45) is 0 Å². The lowest BCUT2D eigenvalue weighted by Gasteiger charge is -2.38. The summed E-state index contributed by atoms with van der Waals surface area (Å²) in [5, 5.41) is 11.1. The topological polar surface area (TPSA) is 89.0 Å². The van der Waals surface area contributed by atoms with Crippen molar-refractivity contribution in [3.63, 3.8) is 0 Å². The number of carbonyl (C=O) groups is 2. The summed E-state index contributed by atoms with van der Waals surface area (Å²) in [6.07, 6.45) is -0.331. The van der Waals surface area contributed by atoms with Gasteiger partial charge in [-0.1, -0.05) is 23.2 Å². The molecule has 9 heteroatoms. The number of rotatable bonds is 5. The molecule has 0 unspecified atom stereocenters. The first kappa shape index (κ1) is 20.5. The number of halogens is 2. The van der Waals surface area contributed by atoms with Crippen LogP contribution >= 0.6 is 23.2 Å². The van der Waals surface area contributed by atoms with Gasteiger partial charge in [0.15, 0.2) is 5.60 Å². The molecule has 0 saturated heterocycles. The molecule has 1 aliphatic rings. The molecule has 2 rings (SSSR count). The maximum Gasteiger partial charge on any atom is 0.342 e. The van der Waals surface area contributed by atoms with Crippen LogP contribution in [0.1, 0.15) is 31.4 Å². The minimum absolute atomic E-state index is 0.0106. The van der Waals surface area contributed by atoms with Crippen molar-refractivity contribution in [1.29, 1.82) is 0 Å². The molecule has 142 valence electrons. The summed E-state index contributed by atoms with van der Waals surface area (Å²) in [6, 6.07) is 1.36. The second-order valence-electron chi connectivity index (χ2n) is 5.68. The van der Waals surface area contributed by atoms with Gasteiger partial charge < -0.3 is 19.5 Å². The average Bonchev–Trinajstić information content (AvgIpc) is 2.62. The van der Waals surface area contributed by atoms with Gasteiger partial charge in [-0.3, -0.25) is 0 Å². The maximum atomic E-state index is 12.4. The molecule has 1 aromatic rings. The van der Waals surface area contributed by atoms with E-state index in [4.69, 9.17) is 32.7 Å². The van der Waals surface area contributed by atoms with Gasteiger partial charge in [0, 0.05) is 30.6 Å². The van der Waals surface area contributed by atoms with Crippen LogP contribution in [0.15, 0.2) is 11.6 Å². The van der Waals surface area contributed by atoms with E-state index in [1.807, 2.05) is 18.7 Å². The largest absolute Gasteiger partial charge is 0.467 e. The van der Waals surface area contributed by atoms with Crippen molar-refractivity contribution in [1.82, 2.24) is 9.88 Å². The van der Waals surface area contributed by atoms with E-state index >= 15 is 0 Å². The highest BCUT2D eigenvalue weighted by Gasteiger charge is 2.49. The van der Waals surface area contributed by atoms with Gasteiger partial charge >= 0.3 is 11.9 Å². The van der Waals surface area contributed by atoms with Crippen molar-refractivity contribution in [3.8, 4) is 0 Å². The highest BCUT2D eigenvalue weighted by molar-refractivity contribution is 6.34. The number of carbonyl (C=O) groups excluding carboxylic acids is 2. The fourth-order valence-corrected chi connectivity index (χ4v) is 3.67. The van der Waals surface area contributed by atoms with E-state index in [-0.39, 0.29) is 33.4 Å². The molecule has 0 spiro atoms. The number of pyridine rings is 1. The van der Waals surface area contributed by atoms with E-state index in [0.717, 1.165) is 7.11 Å². The third-order valence-corrected chi connectivity index (χ3v) is 4.85. The molecule has 0 saturated carbocycles. The third kappa shape index (κ3) is 3.26. The Labute approximate surface area is 161 Å². The molecule has 0 aromatic carbocycles. The van der Waals surface area contributed by atoms with Crippen LogP contribution in [-0.2, 0) is 24.7 Å². The van der Waals surface area contributed by atoms with E-state index in [0.29, 0.717) is 18.8 Å². The first-order valence-corrected chi connectivity index (χ1v) is 8.74. The number of ether oxygens (including phenoxy) is 2. The zero-order chi connectivity index (χ0) is 19.6. The third-order valence-electron chi connectivity index (χ3n) is 4.38. The molecular weight excluding hydrogens is 383 g/mol. The van der Waals surface area contributed by atoms with E-state index in [1.165, 1.54) is 13.2 Å². The zero-order valence-corrected chi connectivity index (χ0v) is 16.4. The predicted molar refractivity (Wildman–Crippen MR) is 96.6 cm³/mol. The molecule has 1 aliphatic carbocycles.